The van der Waals surface area contributed by atoms with Crippen LogP contribution in [0.2, 0.25) is 0 Å². The van der Waals surface area contributed by atoms with Crippen molar-refractivity contribution in [3.63, 3.8) is 0 Å². The summed E-state index contributed by atoms with van der Waals surface area (Å²) in [7, 11) is 1.68. The topological polar surface area (TPSA) is 54.3 Å². The molecule has 4 nitrogen and oxygen atoms in total. The maximum atomic E-state index is 8.67. The van der Waals surface area contributed by atoms with Gasteiger partial charge >= 0.3 is 0 Å². The Morgan fingerprint density at radius 3 is 2.85 bits per heavy atom. The molecule has 0 saturated carbocycles. The predicted octanol–water partition coefficient (Wildman–Crippen LogP) is 2.48. The number of ether oxygens (including phenoxy) is 2. The Balaban J connectivity index is 2.27. The molecule has 0 amide bonds. The van der Waals surface area contributed by atoms with Crippen molar-refractivity contribution in [3.8, 4) is 11.8 Å². The van der Waals surface area contributed by atoms with Crippen LogP contribution in [-0.4, -0.2) is 26.9 Å². The number of nitrogens with one attached hydrogen (secondary N) is 1. The SMILES string of the molecule is COCCNCc1c(OCC#N)ccc2ccccc12. The number of rotatable bonds is 7. The second kappa shape index (κ2) is 7.49. The van der Waals surface area contributed by atoms with Crippen molar-refractivity contribution in [1.29, 1.82) is 5.26 Å². The summed E-state index contributed by atoms with van der Waals surface area (Å²) in [6.45, 7) is 2.19. The standard InChI is InChI=1S/C16H18N2O2/c1-19-11-9-18-12-15-14-5-3-2-4-13(14)6-7-16(15)20-10-8-17/h2-7,18H,9-12H2,1H3. The fraction of sp³-hybridized carbons (Fsp3) is 0.312. The minimum absolute atomic E-state index is 0.0589. The minimum Gasteiger partial charge on any atom is -0.478 e. The van der Waals surface area contributed by atoms with Gasteiger partial charge in [0.05, 0.1) is 6.61 Å². The lowest BCUT2D eigenvalue weighted by Crippen LogP contribution is -2.19. The smallest absolute Gasteiger partial charge is 0.174 e. The lowest BCUT2D eigenvalue weighted by molar-refractivity contribution is 0.199. The van der Waals surface area contributed by atoms with E-state index in [9.17, 15) is 0 Å². The van der Waals surface area contributed by atoms with Crippen molar-refractivity contribution >= 4 is 10.8 Å². The first-order chi connectivity index (χ1) is 9.86. The average molecular weight is 270 g/mol. The fourth-order valence-electron chi connectivity index (χ4n) is 2.13. The normalized spacial score (nSPS) is 10.4. The Labute approximate surface area is 118 Å². The average Bonchev–Trinajstić information content (AvgIpc) is 2.50. The fourth-order valence-corrected chi connectivity index (χ4v) is 2.13. The largest absolute Gasteiger partial charge is 0.478 e. The Morgan fingerprint density at radius 2 is 2.05 bits per heavy atom. The first-order valence-electron chi connectivity index (χ1n) is 6.57. The van der Waals surface area contributed by atoms with Crippen LogP contribution in [0.25, 0.3) is 10.8 Å². The summed E-state index contributed by atoms with van der Waals surface area (Å²) >= 11 is 0. The van der Waals surface area contributed by atoms with Gasteiger partial charge in [-0.05, 0) is 16.8 Å². The molecule has 0 aliphatic heterocycles. The maximum absolute atomic E-state index is 8.67. The molecule has 0 atom stereocenters. The third kappa shape index (κ3) is 3.47. The van der Waals surface area contributed by atoms with E-state index in [4.69, 9.17) is 14.7 Å². The van der Waals surface area contributed by atoms with Gasteiger partial charge in [-0.3, -0.25) is 0 Å². The van der Waals surface area contributed by atoms with Crippen molar-refractivity contribution in [2.45, 2.75) is 6.54 Å². The van der Waals surface area contributed by atoms with E-state index in [-0.39, 0.29) is 6.61 Å². The van der Waals surface area contributed by atoms with E-state index < -0.39 is 0 Å². The zero-order valence-electron chi connectivity index (χ0n) is 11.6. The molecular weight excluding hydrogens is 252 g/mol. The van der Waals surface area contributed by atoms with Gasteiger partial charge < -0.3 is 14.8 Å². The number of hydrogen-bond donors (Lipinski definition) is 1. The summed E-state index contributed by atoms with van der Waals surface area (Å²) in [4.78, 5) is 0. The zero-order chi connectivity index (χ0) is 14.2. The predicted molar refractivity (Wildman–Crippen MR) is 78.6 cm³/mol. The molecule has 0 bridgehead atoms. The summed E-state index contributed by atoms with van der Waals surface area (Å²) in [5.74, 6) is 0.759. The van der Waals surface area contributed by atoms with Gasteiger partial charge in [-0.2, -0.15) is 5.26 Å². The molecule has 104 valence electrons. The summed E-state index contributed by atoms with van der Waals surface area (Å²) in [5.41, 5.74) is 1.08. The molecule has 0 aliphatic rings. The molecule has 0 aromatic heterocycles. The zero-order valence-corrected chi connectivity index (χ0v) is 11.6. The lowest BCUT2D eigenvalue weighted by atomic mass is 10.0. The van der Waals surface area contributed by atoms with Crippen LogP contribution in [0.5, 0.6) is 5.75 Å². The molecule has 0 saturated heterocycles. The lowest BCUT2D eigenvalue weighted by Gasteiger charge is -2.13. The van der Waals surface area contributed by atoms with Crippen LogP contribution in [0.3, 0.4) is 0 Å². The Hall–Kier alpha value is -2.09. The number of benzene rings is 2. The van der Waals surface area contributed by atoms with E-state index >= 15 is 0 Å². The number of methoxy groups -OCH3 is 1. The molecule has 0 unspecified atom stereocenters. The maximum Gasteiger partial charge on any atom is 0.174 e. The van der Waals surface area contributed by atoms with E-state index in [0.717, 1.165) is 23.2 Å². The van der Waals surface area contributed by atoms with Crippen molar-refractivity contribution in [2.75, 3.05) is 26.9 Å². The highest BCUT2D eigenvalue weighted by Crippen LogP contribution is 2.28. The van der Waals surface area contributed by atoms with Crippen LogP contribution in [0.4, 0.5) is 0 Å². The van der Waals surface area contributed by atoms with Crippen molar-refractivity contribution in [2.24, 2.45) is 0 Å². The first-order valence-corrected chi connectivity index (χ1v) is 6.57. The van der Waals surface area contributed by atoms with Crippen LogP contribution in [0.15, 0.2) is 36.4 Å². The Bertz CT molecular complexity index is 605. The van der Waals surface area contributed by atoms with Gasteiger partial charge in [0.25, 0.3) is 0 Å². The monoisotopic (exact) mass is 270 g/mol. The second-order valence-electron chi connectivity index (χ2n) is 4.38. The molecule has 4 heteroatoms. The molecule has 1 N–H and O–H groups in total. The number of hydrogen-bond acceptors (Lipinski definition) is 4. The van der Waals surface area contributed by atoms with Crippen LogP contribution in [0, 0.1) is 11.3 Å². The summed E-state index contributed by atoms with van der Waals surface area (Å²) in [6.07, 6.45) is 0. The molecular formula is C16H18N2O2. The van der Waals surface area contributed by atoms with Gasteiger partial charge in [-0.25, -0.2) is 0 Å². The number of nitrogens with zero attached hydrogens (tertiary/aromatic N) is 1. The Kier molecular flexibility index (Phi) is 5.36. The highest BCUT2D eigenvalue weighted by molar-refractivity contribution is 5.87. The second-order valence-corrected chi connectivity index (χ2v) is 4.38. The molecule has 2 aromatic rings. The van der Waals surface area contributed by atoms with Crippen LogP contribution in [0.1, 0.15) is 5.56 Å². The summed E-state index contributed by atoms with van der Waals surface area (Å²) in [6, 6.07) is 14.1. The van der Waals surface area contributed by atoms with Gasteiger partial charge in [-0.1, -0.05) is 30.3 Å². The molecule has 0 heterocycles. The van der Waals surface area contributed by atoms with Gasteiger partial charge in [0.15, 0.2) is 6.61 Å². The van der Waals surface area contributed by atoms with Gasteiger partial charge in [0, 0.05) is 25.8 Å². The third-order valence-electron chi connectivity index (χ3n) is 3.07. The highest BCUT2D eigenvalue weighted by Gasteiger charge is 2.08. The molecule has 2 rings (SSSR count). The van der Waals surface area contributed by atoms with E-state index in [1.165, 1.54) is 5.39 Å². The summed E-state index contributed by atoms with van der Waals surface area (Å²) in [5, 5.41) is 14.3. The first kappa shape index (κ1) is 14.3. The molecule has 0 aliphatic carbocycles. The van der Waals surface area contributed by atoms with E-state index in [1.54, 1.807) is 7.11 Å². The molecule has 0 radical (unpaired) electrons. The Morgan fingerprint density at radius 1 is 1.20 bits per heavy atom. The van der Waals surface area contributed by atoms with Crippen molar-refractivity contribution in [1.82, 2.24) is 5.32 Å². The molecule has 2 aromatic carbocycles. The van der Waals surface area contributed by atoms with Crippen LogP contribution >= 0.6 is 0 Å². The van der Waals surface area contributed by atoms with Gasteiger partial charge in [0.1, 0.15) is 11.8 Å². The van der Waals surface area contributed by atoms with Crippen LogP contribution < -0.4 is 10.1 Å². The minimum atomic E-state index is 0.0589. The van der Waals surface area contributed by atoms with Crippen molar-refractivity contribution < 1.29 is 9.47 Å². The molecule has 20 heavy (non-hydrogen) atoms. The summed E-state index contributed by atoms with van der Waals surface area (Å²) < 4.78 is 10.5. The van der Waals surface area contributed by atoms with E-state index in [0.29, 0.717) is 13.2 Å². The van der Waals surface area contributed by atoms with E-state index in [2.05, 4.69) is 17.4 Å². The molecule has 0 fully saturated rings. The van der Waals surface area contributed by atoms with Gasteiger partial charge in [0.2, 0.25) is 0 Å². The highest BCUT2D eigenvalue weighted by atomic mass is 16.5. The number of fused-ring (bicyclic) bond motifs is 1. The van der Waals surface area contributed by atoms with Gasteiger partial charge in [-0.15, -0.1) is 0 Å². The van der Waals surface area contributed by atoms with E-state index in [1.807, 2.05) is 30.3 Å². The third-order valence-corrected chi connectivity index (χ3v) is 3.07. The van der Waals surface area contributed by atoms with Crippen molar-refractivity contribution in [3.05, 3.63) is 42.0 Å². The quantitative estimate of drug-likeness (QED) is 0.785. The van der Waals surface area contributed by atoms with Crippen LogP contribution in [-0.2, 0) is 11.3 Å². The molecule has 0 spiro atoms. The number of nitriles is 1.